The summed E-state index contributed by atoms with van der Waals surface area (Å²) in [6.45, 7) is 0. The number of azide groups is 1. The van der Waals surface area contributed by atoms with Crippen LogP contribution in [0.2, 0.25) is 5.02 Å². The fraction of sp³-hybridized carbons (Fsp3) is 0.0833. The standard InChI is InChI=1S/C12H8ClFN4O/c1-19-10-6-7(4-5-16-10)11-9(17-18-15)3-2-8(13)12(11)14/h2-6H,1H3. The van der Waals surface area contributed by atoms with E-state index in [0.717, 1.165) is 0 Å². The minimum Gasteiger partial charge on any atom is -0.481 e. The number of ether oxygens (including phenoxy) is 1. The van der Waals surface area contributed by atoms with Gasteiger partial charge in [-0.1, -0.05) is 22.8 Å². The first-order chi connectivity index (χ1) is 9.17. The lowest BCUT2D eigenvalue weighted by Gasteiger charge is -2.09. The summed E-state index contributed by atoms with van der Waals surface area (Å²) in [6, 6.07) is 5.90. The predicted molar refractivity (Wildman–Crippen MR) is 70.0 cm³/mol. The van der Waals surface area contributed by atoms with Crippen molar-refractivity contribution in [3.63, 3.8) is 0 Å². The SMILES string of the molecule is COc1cc(-c2c(N=[N+]=[N-])ccc(Cl)c2F)ccn1. The van der Waals surface area contributed by atoms with E-state index >= 15 is 0 Å². The monoisotopic (exact) mass is 278 g/mol. The molecular formula is C12H8ClFN4O. The molecular weight excluding hydrogens is 271 g/mol. The molecule has 7 heteroatoms. The first-order valence-corrected chi connectivity index (χ1v) is 5.58. The Hall–Kier alpha value is -2.30. The summed E-state index contributed by atoms with van der Waals surface area (Å²) in [5, 5.41) is 3.41. The Morgan fingerprint density at radius 3 is 2.89 bits per heavy atom. The van der Waals surface area contributed by atoms with E-state index in [2.05, 4.69) is 15.0 Å². The highest BCUT2D eigenvalue weighted by atomic mass is 35.5. The van der Waals surface area contributed by atoms with Crippen LogP contribution in [-0.4, -0.2) is 12.1 Å². The van der Waals surface area contributed by atoms with Crippen molar-refractivity contribution in [2.45, 2.75) is 0 Å². The van der Waals surface area contributed by atoms with Crippen LogP contribution < -0.4 is 4.74 Å². The lowest BCUT2D eigenvalue weighted by molar-refractivity contribution is 0.398. The molecule has 1 aromatic heterocycles. The number of aromatic nitrogens is 1. The van der Waals surface area contributed by atoms with Crippen molar-refractivity contribution in [2.24, 2.45) is 5.11 Å². The van der Waals surface area contributed by atoms with Crippen LogP contribution in [0.5, 0.6) is 5.88 Å². The largest absolute Gasteiger partial charge is 0.481 e. The molecule has 0 aliphatic carbocycles. The van der Waals surface area contributed by atoms with Crippen LogP contribution in [0, 0.1) is 5.82 Å². The van der Waals surface area contributed by atoms with Crippen LogP contribution in [-0.2, 0) is 0 Å². The summed E-state index contributed by atoms with van der Waals surface area (Å²) >= 11 is 5.75. The van der Waals surface area contributed by atoms with E-state index in [0.29, 0.717) is 11.4 Å². The van der Waals surface area contributed by atoms with Gasteiger partial charge in [-0.05, 0) is 23.2 Å². The third-order valence-electron chi connectivity index (χ3n) is 2.46. The Morgan fingerprint density at radius 2 is 2.21 bits per heavy atom. The highest BCUT2D eigenvalue weighted by Gasteiger charge is 2.14. The normalized spacial score (nSPS) is 9.84. The molecule has 0 bridgehead atoms. The van der Waals surface area contributed by atoms with E-state index in [-0.39, 0.29) is 16.3 Å². The molecule has 0 N–H and O–H groups in total. The lowest BCUT2D eigenvalue weighted by atomic mass is 10.0. The van der Waals surface area contributed by atoms with Gasteiger partial charge in [-0.25, -0.2) is 9.37 Å². The summed E-state index contributed by atoms with van der Waals surface area (Å²) in [7, 11) is 1.45. The molecule has 0 aliphatic heterocycles. The second kappa shape index (κ2) is 5.56. The molecule has 0 fully saturated rings. The van der Waals surface area contributed by atoms with E-state index in [1.165, 1.54) is 31.5 Å². The molecule has 0 spiro atoms. The van der Waals surface area contributed by atoms with Crippen molar-refractivity contribution in [3.8, 4) is 17.0 Å². The van der Waals surface area contributed by atoms with E-state index in [1.807, 2.05) is 0 Å². The molecule has 0 radical (unpaired) electrons. The molecule has 0 saturated carbocycles. The lowest BCUT2D eigenvalue weighted by Crippen LogP contribution is -1.90. The van der Waals surface area contributed by atoms with Gasteiger partial charge in [0.1, 0.15) is 5.82 Å². The Labute approximate surface area is 113 Å². The molecule has 5 nitrogen and oxygen atoms in total. The average molecular weight is 279 g/mol. The zero-order chi connectivity index (χ0) is 13.8. The van der Waals surface area contributed by atoms with Gasteiger partial charge in [-0.2, -0.15) is 0 Å². The van der Waals surface area contributed by atoms with Gasteiger partial charge in [0.25, 0.3) is 0 Å². The number of methoxy groups -OCH3 is 1. The van der Waals surface area contributed by atoms with Gasteiger partial charge >= 0.3 is 0 Å². The van der Waals surface area contributed by atoms with E-state index < -0.39 is 5.82 Å². The number of nitrogens with zero attached hydrogens (tertiary/aromatic N) is 4. The fourth-order valence-electron chi connectivity index (χ4n) is 1.62. The zero-order valence-electron chi connectivity index (χ0n) is 9.84. The number of pyridine rings is 1. The van der Waals surface area contributed by atoms with Crippen molar-refractivity contribution in [1.29, 1.82) is 0 Å². The van der Waals surface area contributed by atoms with E-state index in [1.54, 1.807) is 6.07 Å². The smallest absolute Gasteiger partial charge is 0.213 e. The summed E-state index contributed by atoms with van der Waals surface area (Å²) in [6.07, 6.45) is 1.47. The Morgan fingerprint density at radius 1 is 1.42 bits per heavy atom. The molecule has 96 valence electrons. The maximum absolute atomic E-state index is 14.1. The number of hydrogen-bond donors (Lipinski definition) is 0. The van der Waals surface area contributed by atoms with E-state index in [9.17, 15) is 4.39 Å². The number of rotatable bonds is 3. The second-order valence-corrected chi connectivity index (χ2v) is 3.94. The molecule has 0 aliphatic rings. The topological polar surface area (TPSA) is 70.9 Å². The molecule has 0 amide bonds. The minimum absolute atomic E-state index is 0.0531. The summed E-state index contributed by atoms with van der Waals surface area (Å²) in [4.78, 5) is 6.60. The molecule has 0 atom stereocenters. The Bertz CT molecular complexity index is 671. The molecule has 1 heterocycles. The molecule has 2 aromatic rings. The highest BCUT2D eigenvalue weighted by molar-refractivity contribution is 6.31. The molecule has 2 rings (SSSR count). The third-order valence-corrected chi connectivity index (χ3v) is 2.75. The van der Waals surface area contributed by atoms with Gasteiger partial charge in [0.15, 0.2) is 0 Å². The first-order valence-electron chi connectivity index (χ1n) is 5.21. The maximum atomic E-state index is 14.1. The summed E-state index contributed by atoms with van der Waals surface area (Å²) < 4.78 is 19.1. The van der Waals surface area contributed by atoms with Crippen LogP contribution in [0.4, 0.5) is 10.1 Å². The zero-order valence-corrected chi connectivity index (χ0v) is 10.6. The fourth-order valence-corrected chi connectivity index (χ4v) is 1.78. The molecule has 0 unspecified atom stereocenters. The Balaban J connectivity index is 2.71. The molecule has 1 aromatic carbocycles. The number of benzene rings is 1. The van der Waals surface area contributed by atoms with Gasteiger partial charge in [0, 0.05) is 28.4 Å². The second-order valence-electron chi connectivity index (χ2n) is 3.53. The van der Waals surface area contributed by atoms with Crippen molar-refractivity contribution in [3.05, 3.63) is 51.7 Å². The quantitative estimate of drug-likeness (QED) is 0.471. The van der Waals surface area contributed by atoms with Crippen LogP contribution >= 0.6 is 11.6 Å². The van der Waals surface area contributed by atoms with Gasteiger partial charge in [0.2, 0.25) is 5.88 Å². The average Bonchev–Trinajstić information content (AvgIpc) is 2.43. The third kappa shape index (κ3) is 2.59. The van der Waals surface area contributed by atoms with Crippen LogP contribution in [0.3, 0.4) is 0 Å². The predicted octanol–water partition coefficient (Wildman–Crippen LogP) is 4.49. The van der Waals surface area contributed by atoms with Gasteiger partial charge in [-0.3, -0.25) is 0 Å². The maximum Gasteiger partial charge on any atom is 0.213 e. The van der Waals surface area contributed by atoms with Gasteiger partial charge in [-0.15, -0.1) is 0 Å². The van der Waals surface area contributed by atoms with Gasteiger partial charge < -0.3 is 4.74 Å². The van der Waals surface area contributed by atoms with Crippen LogP contribution in [0.15, 0.2) is 35.6 Å². The Kier molecular flexibility index (Phi) is 3.85. The van der Waals surface area contributed by atoms with E-state index in [4.69, 9.17) is 21.9 Å². The van der Waals surface area contributed by atoms with Crippen molar-refractivity contribution >= 4 is 17.3 Å². The van der Waals surface area contributed by atoms with Crippen molar-refractivity contribution in [1.82, 2.24) is 4.98 Å². The molecule has 0 saturated heterocycles. The molecule has 19 heavy (non-hydrogen) atoms. The van der Waals surface area contributed by atoms with Crippen LogP contribution in [0.25, 0.3) is 21.6 Å². The van der Waals surface area contributed by atoms with Crippen molar-refractivity contribution in [2.75, 3.05) is 7.11 Å². The summed E-state index contributed by atoms with van der Waals surface area (Å²) in [5.74, 6) is -0.330. The minimum atomic E-state index is -0.653. The number of hydrogen-bond acceptors (Lipinski definition) is 3. The summed E-state index contributed by atoms with van der Waals surface area (Å²) in [5.41, 5.74) is 9.25. The van der Waals surface area contributed by atoms with Crippen LogP contribution in [0.1, 0.15) is 0 Å². The first kappa shape index (κ1) is 13.1. The number of halogens is 2. The van der Waals surface area contributed by atoms with Crippen molar-refractivity contribution < 1.29 is 9.13 Å². The van der Waals surface area contributed by atoms with Gasteiger partial charge in [0.05, 0.1) is 12.1 Å². The highest BCUT2D eigenvalue weighted by Crippen LogP contribution is 2.37.